The lowest BCUT2D eigenvalue weighted by atomic mass is 10.0. The monoisotopic (exact) mass is 288 g/mol. The van der Waals surface area contributed by atoms with E-state index < -0.39 is 0 Å². The van der Waals surface area contributed by atoms with Crippen LogP contribution in [0.25, 0.3) is 0 Å². The molecule has 0 radical (unpaired) electrons. The predicted octanol–water partition coefficient (Wildman–Crippen LogP) is 4.62. The number of nitrogens with one attached hydrogen (secondary N) is 1. The number of hydrogen-bond donors (Lipinski definition) is 1. The lowest BCUT2D eigenvalue weighted by Gasteiger charge is -2.30. The van der Waals surface area contributed by atoms with E-state index in [1.54, 1.807) is 0 Å². The molecule has 1 aromatic carbocycles. The summed E-state index contributed by atoms with van der Waals surface area (Å²) in [5.41, 5.74) is 2.69. The fourth-order valence-corrected chi connectivity index (χ4v) is 3.44. The van der Waals surface area contributed by atoms with Crippen LogP contribution in [0, 0.1) is 0 Å². The van der Waals surface area contributed by atoms with E-state index in [1.807, 2.05) is 18.4 Å². The highest BCUT2D eigenvalue weighted by atomic mass is 32.1. The first-order chi connectivity index (χ1) is 9.69. The maximum absolute atomic E-state index is 3.41. The van der Waals surface area contributed by atoms with Gasteiger partial charge in [0.25, 0.3) is 0 Å². The zero-order valence-corrected chi connectivity index (χ0v) is 13.6. The molecule has 0 aliphatic carbocycles. The molecular weight excluding hydrogens is 264 g/mol. The summed E-state index contributed by atoms with van der Waals surface area (Å²) >= 11 is 1.82. The van der Waals surface area contributed by atoms with E-state index in [2.05, 4.69) is 72.9 Å². The van der Waals surface area contributed by atoms with Crippen LogP contribution in [0.4, 0.5) is 5.69 Å². The molecule has 0 spiro atoms. The molecule has 1 aromatic heterocycles. The Labute approximate surface area is 126 Å². The number of nitrogens with zero attached hydrogens (tertiary/aromatic N) is 1. The van der Waals surface area contributed by atoms with Crippen LogP contribution in [-0.2, 0) is 0 Å². The highest BCUT2D eigenvalue weighted by Crippen LogP contribution is 2.33. The highest BCUT2D eigenvalue weighted by molar-refractivity contribution is 7.10. The van der Waals surface area contributed by atoms with Crippen LogP contribution in [0.5, 0.6) is 0 Å². The van der Waals surface area contributed by atoms with Gasteiger partial charge in [-0.2, -0.15) is 0 Å². The van der Waals surface area contributed by atoms with E-state index in [1.165, 1.54) is 16.1 Å². The van der Waals surface area contributed by atoms with Gasteiger partial charge in [-0.1, -0.05) is 31.2 Å². The van der Waals surface area contributed by atoms with Crippen molar-refractivity contribution in [3.8, 4) is 0 Å². The third-order valence-electron chi connectivity index (χ3n) is 3.98. The van der Waals surface area contributed by atoms with E-state index in [9.17, 15) is 0 Å². The van der Waals surface area contributed by atoms with E-state index in [4.69, 9.17) is 0 Å². The van der Waals surface area contributed by atoms with Gasteiger partial charge in [-0.25, -0.2) is 0 Å². The largest absolute Gasteiger partial charge is 0.367 e. The normalized spacial score (nSPS) is 14.0. The molecule has 0 aliphatic heterocycles. The summed E-state index contributed by atoms with van der Waals surface area (Å²) < 4.78 is 0. The van der Waals surface area contributed by atoms with Gasteiger partial charge in [-0.3, -0.25) is 0 Å². The van der Waals surface area contributed by atoms with Gasteiger partial charge in [0.05, 0.1) is 6.04 Å². The first-order valence-electron chi connectivity index (χ1n) is 7.21. The van der Waals surface area contributed by atoms with Gasteiger partial charge in [-0.05, 0) is 43.5 Å². The molecule has 2 atom stereocenters. The zero-order chi connectivity index (χ0) is 14.5. The summed E-state index contributed by atoms with van der Waals surface area (Å²) in [5.74, 6) is 0. The van der Waals surface area contributed by atoms with Gasteiger partial charge in [0.15, 0.2) is 0 Å². The second-order valence-electron chi connectivity index (χ2n) is 5.11. The topological polar surface area (TPSA) is 15.3 Å². The summed E-state index contributed by atoms with van der Waals surface area (Å²) in [6, 6.07) is 13.8. The van der Waals surface area contributed by atoms with Crippen molar-refractivity contribution < 1.29 is 0 Å². The zero-order valence-electron chi connectivity index (χ0n) is 12.8. The minimum absolute atomic E-state index is 0.394. The third kappa shape index (κ3) is 3.05. The quantitative estimate of drug-likeness (QED) is 0.834. The van der Waals surface area contributed by atoms with Crippen molar-refractivity contribution >= 4 is 17.0 Å². The Bertz CT molecular complexity index is 518. The molecule has 2 nitrogen and oxygen atoms in total. The van der Waals surface area contributed by atoms with Crippen molar-refractivity contribution in [1.82, 2.24) is 5.32 Å². The minimum Gasteiger partial charge on any atom is -0.367 e. The van der Waals surface area contributed by atoms with Crippen molar-refractivity contribution in [2.45, 2.75) is 32.4 Å². The molecular formula is C17H24N2S. The first-order valence-corrected chi connectivity index (χ1v) is 8.09. The van der Waals surface area contributed by atoms with Crippen LogP contribution in [0.15, 0.2) is 41.8 Å². The number of thiophene rings is 1. The Kier molecular flexibility index (Phi) is 5.21. The number of anilines is 1. The van der Waals surface area contributed by atoms with Crippen molar-refractivity contribution in [3.05, 3.63) is 52.2 Å². The van der Waals surface area contributed by atoms with Gasteiger partial charge in [0, 0.05) is 23.7 Å². The second kappa shape index (κ2) is 6.91. The Balaban J connectivity index is 2.32. The molecule has 20 heavy (non-hydrogen) atoms. The van der Waals surface area contributed by atoms with Crippen LogP contribution in [0.3, 0.4) is 0 Å². The Morgan fingerprint density at radius 1 is 1.20 bits per heavy atom. The van der Waals surface area contributed by atoms with Gasteiger partial charge in [0.2, 0.25) is 0 Å². The summed E-state index contributed by atoms with van der Waals surface area (Å²) in [6.45, 7) is 4.49. The summed E-state index contributed by atoms with van der Waals surface area (Å²) in [7, 11) is 4.22. The van der Waals surface area contributed by atoms with Crippen LogP contribution in [0.1, 0.15) is 42.8 Å². The molecule has 0 fully saturated rings. The van der Waals surface area contributed by atoms with Crippen LogP contribution >= 0.6 is 11.3 Å². The number of hydrogen-bond acceptors (Lipinski definition) is 3. The fourth-order valence-electron chi connectivity index (χ4n) is 2.61. The van der Waals surface area contributed by atoms with E-state index in [0.717, 1.165) is 6.42 Å². The number of benzene rings is 1. The van der Waals surface area contributed by atoms with Gasteiger partial charge < -0.3 is 10.2 Å². The van der Waals surface area contributed by atoms with E-state index in [0.29, 0.717) is 12.1 Å². The van der Waals surface area contributed by atoms with Crippen molar-refractivity contribution in [2.24, 2.45) is 0 Å². The first kappa shape index (κ1) is 15.1. The molecule has 108 valence electrons. The standard InChI is InChI=1S/C17H24N2S/c1-5-15(18-3)14-9-6-7-10-16(14)19(4)13(2)17-11-8-12-20-17/h6-13,15,18H,5H2,1-4H3. The van der Waals surface area contributed by atoms with E-state index >= 15 is 0 Å². The second-order valence-corrected chi connectivity index (χ2v) is 6.09. The Morgan fingerprint density at radius 2 is 1.95 bits per heavy atom. The Morgan fingerprint density at radius 3 is 2.55 bits per heavy atom. The number of rotatable bonds is 6. The number of para-hydroxylation sites is 1. The molecule has 0 saturated heterocycles. The van der Waals surface area contributed by atoms with Crippen molar-refractivity contribution in [2.75, 3.05) is 19.0 Å². The van der Waals surface area contributed by atoms with Gasteiger partial charge >= 0.3 is 0 Å². The predicted molar refractivity (Wildman–Crippen MR) is 89.7 cm³/mol. The molecule has 0 saturated carbocycles. The van der Waals surface area contributed by atoms with Gasteiger partial charge in [-0.15, -0.1) is 11.3 Å². The molecule has 0 amide bonds. The highest BCUT2D eigenvalue weighted by Gasteiger charge is 2.18. The van der Waals surface area contributed by atoms with Crippen LogP contribution in [-0.4, -0.2) is 14.1 Å². The molecule has 0 bridgehead atoms. The molecule has 2 rings (SSSR count). The molecule has 2 unspecified atom stereocenters. The lowest BCUT2D eigenvalue weighted by Crippen LogP contribution is -2.25. The fraction of sp³-hybridized carbons (Fsp3) is 0.412. The molecule has 2 aromatic rings. The SMILES string of the molecule is CCC(NC)c1ccccc1N(C)C(C)c1cccs1. The molecule has 0 aliphatic rings. The molecule has 1 N–H and O–H groups in total. The summed E-state index contributed by atoms with van der Waals surface area (Å²) in [4.78, 5) is 3.78. The van der Waals surface area contributed by atoms with Crippen molar-refractivity contribution in [1.29, 1.82) is 0 Å². The maximum atomic E-state index is 3.41. The molecule has 3 heteroatoms. The maximum Gasteiger partial charge on any atom is 0.0603 e. The van der Waals surface area contributed by atoms with Crippen LogP contribution in [0.2, 0.25) is 0 Å². The van der Waals surface area contributed by atoms with Crippen LogP contribution < -0.4 is 10.2 Å². The Hall–Kier alpha value is -1.32. The third-order valence-corrected chi connectivity index (χ3v) is 5.03. The van der Waals surface area contributed by atoms with Gasteiger partial charge in [0.1, 0.15) is 0 Å². The summed E-state index contributed by atoms with van der Waals surface area (Å²) in [6.07, 6.45) is 1.09. The minimum atomic E-state index is 0.394. The lowest BCUT2D eigenvalue weighted by molar-refractivity contribution is 0.573. The smallest absolute Gasteiger partial charge is 0.0603 e. The average molecular weight is 288 g/mol. The van der Waals surface area contributed by atoms with E-state index in [-0.39, 0.29) is 0 Å². The molecule has 1 heterocycles. The summed E-state index contributed by atoms with van der Waals surface area (Å²) in [5, 5.41) is 5.56. The average Bonchev–Trinajstić information content (AvgIpc) is 3.02. The van der Waals surface area contributed by atoms with Crippen molar-refractivity contribution in [3.63, 3.8) is 0 Å².